The number of aliphatic hydroxyl groups excluding tert-OH is 1. The maximum Gasteiger partial charge on any atom is 0.331 e. The van der Waals surface area contributed by atoms with Crippen LogP contribution >= 0.6 is 18.9 Å². The minimum absolute atomic E-state index is 0.0109. The molecule has 4 aliphatic heterocycles. The Labute approximate surface area is 327 Å². The van der Waals surface area contributed by atoms with Gasteiger partial charge in [0.25, 0.3) is 0 Å². The number of carbonyl (C=O) groups is 1. The molecule has 5 aliphatic rings. The first-order valence-electron chi connectivity index (χ1n) is 18.6. The van der Waals surface area contributed by atoms with Crippen molar-refractivity contribution in [3.63, 3.8) is 0 Å². The summed E-state index contributed by atoms with van der Waals surface area (Å²) >= 11 is 1.48. The number of phenolic OH excluding ortho intramolecular Hbond substituents is 1. The molecular weight excluding hydrogens is 773 g/mol. The lowest BCUT2D eigenvalue weighted by Crippen LogP contribution is -2.66. The maximum atomic E-state index is 13.8. The van der Waals surface area contributed by atoms with Crippen molar-refractivity contribution in [2.24, 2.45) is 11.8 Å². The van der Waals surface area contributed by atoms with E-state index in [1.54, 1.807) is 26.0 Å². The normalized spacial score (nSPS) is 30.6. The van der Waals surface area contributed by atoms with Crippen molar-refractivity contribution >= 4 is 24.9 Å². The fourth-order valence-corrected chi connectivity index (χ4v) is 10.6. The number of benzene rings is 2. The molecule has 0 amide bonds. The van der Waals surface area contributed by atoms with Crippen LogP contribution in [0.5, 0.6) is 28.7 Å². The minimum Gasteiger partial charge on any atom is -0.502 e. The number of aliphatic hydroxyl groups is 1. The molecule has 2 aromatic carbocycles. The Balaban J connectivity index is 1.16. The molecule has 3 fully saturated rings. The lowest BCUT2D eigenvalue weighted by molar-refractivity contribution is -0.351. The van der Waals surface area contributed by atoms with Crippen LogP contribution in [0.3, 0.4) is 0 Å². The Hall–Kier alpha value is -3.48. The molecule has 6 unspecified atom stereocenters. The first kappa shape index (κ1) is 39.4. The van der Waals surface area contributed by atoms with E-state index in [4.69, 9.17) is 51.7 Å². The molecule has 18 heteroatoms. The Kier molecular flexibility index (Phi) is 11.5. The van der Waals surface area contributed by atoms with Gasteiger partial charge in [-0.3, -0.25) is 9.36 Å². The van der Waals surface area contributed by atoms with E-state index in [9.17, 15) is 19.6 Å². The highest BCUT2D eigenvalue weighted by atomic mass is 32.1. The number of hydrogen-bond acceptors (Lipinski definition) is 17. The number of thiophene rings is 1. The zero-order valence-electron chi connectivity index (χ0n) is 31.3. The number of methoxy groups -OCH3 is 2. The number of fused-ring (bicyclic) bond motifs is 4. The molecule has 1 aromatic heterocycles. The number of ether oxygens (including phenoxy) is 9. The summed E-state index contributed by atoms with van der Waals surface area (Å²) in [5.41, 5.74) is 2.03. The largest absolute Gasteiger partial charge is 0.502 e. The summed E-state index contributed by atoms with van der Waals surface area (Å²) in [6.07, 6.45) is -5.32. The average molecular weight is 820 g/mol. The van der Waals surface area contributed by atoms with Gasteiger partial charge in [-0.05, 0) is 66.2 Å². The molecule has 1 aliphatic carbocycles. The first-order chi connectivity index (χ1) is 27.2. The van der Waals surface area contributed by atoms with E-state index < -0.39 is 74.4 Å². The van der Waals surface area contributed by atoms with E-state index in [-0.39, 0.29) is 63.2 Å². The molecule has 3 saturated heterocycles. The van der Waals surface area contributed by atoms with Gasteiger partial charge in [0.1, 0.15) is 18.3 Å². The number of phenols is 1. The quantitative estimate of drug-likeness (QED) is 0.151. The van der Waals surface area contributed by atoms with Crippen LogP contribution in [0.4, 0.5) is 0 Å². The van der Waals surface area contributed by atoms with Gasteiger partial charge in [-0.25, -0.2) is 0 Å². The summed E-state index contributed by atoms with van der Waals surface area (Å²) in [5, 5.41) is 28.1. The van der Waals surface area contributed by atoms with Crippen LogP contribution < -0.4 is 24.3 Å². The smallest absolute Gasteiger partial charge is 0.331 e. The predicted octanol–water partition coefficient (Wildman–Crippen LogP) is 4.62. The van der Waals surface area contributed by atoms with E-state index in [0.29, 0.717) is 28.2 Å². The molecular formula is C38H46NO15PS. The number of esters is 1. The number of hydrogen-bond donors (Lipinski definition) is 3. The van der Waals surface area contributed by atoms with Gasteiger partial charge in [-0.1, -0.05) is 6.07 Å². The molecule has 0 spiro atoms. The number of cyclic esters (lactones) is 1. The first-order valence-corrected chi connectivity index (χ1v) is 21.2. The SMILES string of the molecule is CCOP(=O)(CCNC1C(O[C@@H]2c3cc4c(cc3[C@@H](c3cc(OC)c(O)c(OC)c3)[C@H]3C(=O)OC[C@@H]32)OCO4)OC2COC(c3cccs3)OC2C1O)OCC. The van der Waals surface area contributed by atoms with Crippen molar-refractivity contribution in [2.75, 3.05) is 60.1 Å². The van der Waals surface area contributed by atoms with E-state index in [2.05, 4.69) is 5.32 Å². The van der Waals surface area contributed by atoms with Crippen LogP contribution in [0.15, 0.2) is 41.8 Å². The number of nitrogens with one attached hydrogen (secondary N) is 1. The lowest BCUT2D eigenvalue weighted by Gasteiger charge is -2.49. The molecule has 8 rings (SSSR count). The highest BCUT2D eigenvalue weighted by molar-refractivity contribution is 7.53. The summed E-state index contributed by atoms with van der Waals surface area (Å²) < 4.78 is 78.9. The zero-order chi connectivity index (χ0) is 39.1. The second-order valence-corrected chi connectivity index (χ2v) is 17.1. The van der Waals surface area contributed by atoms with Gasteiger partial charge < -0.3 is 67.2 Å². The van der Waals surface area contributed by atoms with Crippen LogP contribution in [-0.4, -0.2) is 107 Å². The maximum absolute atomic E-state index is 13.8. The van der Waals surface area contributed by atoms with Gasteiger partial charge >= 0.3 is 13.6 Å². The minimum atomic E-state index is -3.45. The van der Waals surface area contributed by atoms with Gasteiger partial charge in [-0.15, -0.1) is 11.3 Å². The standard InChI is InChI=1S/C38H46NO15PS/c1-5-50-55(43,51-6-2)10-9-39-31-33(41)35-27(17-47-37(54-35)28-8-7-11-56-28)52-38(31)53-34-21-15-24-23(48-18-49-24)14-20(21)29(30-22(34)16-46-36(30)42)19-12-25(44-3)32(40)26(13-19)45-4/h7-8,11-15,22,27,29-31,33-35,37-41H,5-6,9-10,16-18H2,1-4H3/t22-,27?,29+,30-,31?,33?,34+,35?,37?,38?/m0/s1. The Bertz CT molecular complexity index is 1900. The second-order valence-electron chi connectivity index (χ2n) is 13.9. The van der Waals surface area contributed by atoms with Crippen molar-refractivity contribution in [3.8, 4) is 28.7 Å². The highest BCUT2D eigenvalue weighted by Crippen LogP contribution is 2.57. The monoisotopic (exact) mass is 819 g/mol. The third-order valence-corrected chi connectivity index (χ3v) is 13.8. The second kappa shape index (κ2) is 16.4. The topological polar surface area (TPSA) is 188 Å². The van der Waals surface area contributed by atoms with E-state index in [0.717, 1.165) is 4.88 Å². The van der Waals surface area contributed by atoms with Crippen molar-refractivity contribution in [1.82, 2.24) is 5.32 Å². The van der Waals surface area contributed by atoms with Gasteiger partial charge in [-0.2, -0.15) is 0 Å². The fraction of sp³-hybridized carbons (Fsp3) is 0.553. The number of rotatable bonds is 14. The molecule has 304 valence electrons. The van der Waals surface area contributed by atoms with Crippen LogP contribution in [0.25, 0.3) is 0 Å². The van der Waals surface area contributed by atoms with E-state index in [1.807, 2.05) is 29.6 Å². The van der Waals surface area contributed by atoms with Gasteiger partial charge in [0.05, 0.1) is 69.7 Å². The zero-order valence-corrected chi connectivity index (χ0v) is 33.0. The molecule has 16 nitrogen and oxygen atoms in total. The summed E-state index contributed by atoms with van der Waals surface area (Å²) in [4.78, 5) is 14.7. The summed E-state index contributed by atoms with van der Waals surface area (Å²) in [5.74, 6) is -1.16. The Morgan fingerprint density at radius 2 is 1.68 bits per heavy atom. The van der Waals surface area contributed by atoms with E-state index >= 15 is 0 Å². The Morgan fingerprint density at radius 1 is 0.964 bits per heavy atom. The summed E-state index contributed by atoms with van der Waals surface area (Å²) in [6.45, 7) is 4.16. The molecule has 0 bridgehead atoms. The number of aromatic hydroxyl groups is 1. The molecule has 5 heterocycles. The van der Waals surface area contributed by atoms with Gasteiger partial charge in [0, 0.05) is 18.4 Å². The van der Waals surface area contributed by atoms with E-state index in [1.165, 1.54) is 25.6 Å². The van der Waals surface area contributed by atoms with Crippen molar-refractivity contribution < 1.29 is 71.3 Å². The van der Waals surface area contributed by atoms with Crippen LogP contribution in [0.2, 0.25) is 0 Å². The van der Waals surface area contributed by atoms with Gasteiger partial charge in [0.15, 0.2) is 35.6 Å². The lowest BCUT2D eigenvalue weighted by atomic mass is 9.66. The van der Waals surface area contributed by atoms with Crippen LogP contribution in [0, 0.1) is 11.8 Å². The summed E-state index contributed by atoms with van der Waals surface area (Å²) in [6, 6.07) is 9.92. The average Bonchev–Trinajstić information content (AvgIpc) is 3.98. The molecule has 0 radical (unpaired) electrons. The third-order valence-electron chi connectivity index (χ3n) is 10.8. The fourth-order valence-electron chi connectivity index (χ4n) is 8.35. The molecule has 56 heavy (non-hydrogen) atoms. The number of carbonyl (C=O) groups excluding carboxylic acids is 1. The van der Waals surface area contributed by atoms with Crippen molar-refractivity contribution in [2.45, 2.75) is 62.8 Å². The molecule has 3 aromatic rings. The van der Waals surface area contributed by atoms with Gasteiger partial charge in [0.2, 0.25) is 12.5 Å². The molecule has 3 N–H and O–H groups in total. The van der Waals surface area contributed by atoms with Crippen LogP contribution in [-0.2, 0) is 42.1 Å². The third kappa shape index (κ3) is 7.27. The summed E-state index contributed by atoms with van der Waals surface area (Å²) in [7, 11) is -0.573. The highest BCUT2D eigenvalue weighted by Gasteiger charge is 2.56. The Morgan fingerprint density at radius 3 is 2.34 bits per heavy atom. The molecule has 10 atom stereocenters. The van der Waals surface area contributed by atoms with Crippen molar-refractivity contribution in [3.05, 3.63) is 63.3 Å². The van der Waals surface area contributed by atoms with Crippen molar-refractivity contribution in [1.29, 1.82) is 0 Å². The molecule has 0 saturated carbocycles. The van der Waals surface area contributed by atoms with Crippen LogP contribution in [0.1, 0.15) is 53.7 Å². The predicted molar refractivity (Wildman–Crippen MR) is 197 cm³/mol.